The molecule has 1 aromatic carbocycles. The summed E-state index contributed by atoms with van der Waals surface area (Å²) in [6.07, 6.45) is 2.67. The first-order chi connectivity index (χ1) is 14.9. The van der Waals surface area contributed by atoms with Crippen molar-refractivity contribution >= 4 is 22.4 Å². The summed E-state index contributed by atoms with van der Waals surface area (Å²) in [5.41, 5.74) is 0.424. The van der Waals surface area contributed by atoms with Crippen molar-refractivity contribution in [3.63, 3.8) is 0 Å². The number of aromatic nitrogens is 3. The van der Waals surface area contributed by atoms with Crippen molar-refractivity contribution in [1.82, 2.24) is 14.5 Å². The molecule has 0 bridgehead atoms. The zero-order valence-electron chi connectivity index (χ0n) is 15.7. The molecule has 6 nitrogen and oxygen atoms in total. The number of hydrogen-bond acceptors (Lipinski definition) is 5. The molecule has 3 heterocycles. The third kappa shape index (κ3) is 4.69. The molecule has 0 saturated heterocycles. The molecule has 0 spiro atoms. The van der Waals surface area contributed by atoms with Crippen LogP contribution in [0.4, 0.5) is 18.3 Å². The van der Waals surface area contributed by atoms with Crippen LogP contribution in [0.3, 0.4) is 0 Å². The van der Waals surface area contributed by atoms with Crippen LogP contribution >= 0.6 is 11.3 Å². The fourth-order valence-electron chi connectivity index (χ4n) is 2.78. The average Bonchev–Trinajstić information content (AvgIpc) is 3.20. The predicted molar refractivity (Wildman–Crippen MR) is 109 cm³/mol. The van der Waals surface area contributed by atoms with Gasteiger partial charge in [0.1, 0.15) is 23.1 Å². The third-order valence-electron chi connectivity index (χ3n) is 4.32. The Labute approximate surface area is 177 Å². The van der Waals surface area contributed by atoms with Crippen molar-refractivity contribution in [2.75, 3.05) is 5.32 Å². The van der Waals surface area contributed by atoms with Crippen LogP contribution in [-0.4, -0.2) is 20.4 Å². The first kappa shape index (κ1) is 20.5. The highest BCUT2D eigenvalue weighted by Gasteiger charge is 2.13. The minimum absolute atomic E-state index is 0.0847. The zero-order chi connectivity index (χ0) is 22.0. The second kappa shape index (κ2) is 8.52. The largest absolute Gasteiger partial charge is 0.311 e. The molecule has 4 aromatic rings. The molecule has 0 unspecified atom stereocenters. The Morgan fingerprint density at radius 1 is 1.03 bits per heavy atom. The number of nitrogens with zero attached hydrogens (tertiary/aromatic N) is 3. The van der Waals surface area contributed by atoms with Crippen LogP contribution in [0.25, 0.3) is 11.4 Å². The molecular weight excluding hydrogens is 429 g/mol. The van der Waals surface area contributed by atoms with Gasteiger partial charge in [-0.05, 0) is 18.2 Å². The first-order valence-electron chi connectivity index (χ1n) is 8.92. The van der Waals surface area contributed by atoms with Crippen LogP contribution in [-0.2, 0) is 6.54 Å². The lowest BCUT2D eigenvalue weighted by molar-refractivity contribution is 0.102. The monoisotopic (exact) mass is 442 g/mol. The minimum atomic E-state index is -0.763. The summed E-state index contributed by atoms with van der Waals surface area (Å²) in [6.45, 7) is -0.108. The highest BCUT2D eigenvalue weighted by Crippen LogP contribution is 2.24. The first-order valence-corrected chi connectivity index (χ1v) is 9.80. The van der Waals surface area contributed by atoms with E-state index in [0.29, 0.717) is 11.4 Å². The van der Waals surface area contributed by atoms with Gasteiger partial charge in [0.25, 0.3) is 11.5 Å². The normalized spacial score (nSPS) is 10.8. The molecule has 0 saturated carbocycles. The highest BCUT2D eigenvalue weighted by molar-refractivity contribution is 7.14. The Hall–Kier alpha value is -3.79. The number of amides is 1. The predicted octanol–water partition coefficient (Wildman–Crippen LogP) is 4.08. The summed E-state index contributed by atoms with van der Waals surface area (Å²) in [5.74, 6) is -2.49. The van der Waals surface area contributed by atoms with Crippen molar-refractivity contribution in [3.05, 3.63) is 99.2 Å². The van der Waals surface area contributed by atoms with Crippen LogP contribution in [0.5, 0.6) is 0 Å². The second-order valence-corrected chi connectivity index (χ2v) is 7.33. The van der Waals surface area contributed by atoms with E-state index in [1.807, 2.05) is 0 Å². The number of carbonyl (C=O) groups excluding carboxylic acids is 1. The number of hydrogen-bond donors (Lipinski definition) is 1. The van der Waals surface area contributed by atoms with Gasteiger partial charge in [-0.1, -0.05) is 6.07 Å². The van der Waals surface area contributed by atoms with Gasteiger partial charge in [0.2, 0.25) is 0 Å². The molecule has 31 heavy (non-hydrogen) atoms. The molecule has 0 aliphatic rings. The Morgan fingerprint density at radius 2 is 1.84 bits per heavy atom. The van der Waals surface area contributed by atoms with E-state index in [1.165, 1.54) is 41.2 Å². The molecule has 10 heteroatoms. The van der Waals surface area contributed by atoms with E-state index in [9.17, 15) is 22.8 Å². The SMILES string of the molecule is O=C(Nc1nc(-c2cc(F)ccn2)cs1)c1ccn(Cc2ccc(F)cc2F)c(=O)c1. The van der Waals surface area contributed by atoms with Gasteiger partial charge >= 0.3 is 0 Å². The number of thiazole rings is 1. The third-order valence-corrected chi connectivity index (χ3v) is 5.08. The van der Waals surface area contributed by atoms with Gasteiger partial charge in [0.05, 0.1) is 12.2 Å². The topological polar surface area (TPSA) is 76.9 Å². The second-order valence-electron chi connectivity index (χ2n) is 6.47. The molecule has 1 amide bonds. The van der Waals surface area contributed by atoms with Crippen molar-refractivity contribution in [3.8, 4) is 11.4 Å². The summed E-state index contributed by atoms with van der Waals surface area (Å²) in [7, 11) is 0. The summed E-state index contributed by atoms with van der Waals surface area (Å²) < 4.78 is 41.4. The average molecular weight is 442 g/mol. The molecule has 0 atom stereocenters. The van der Waals surface area contributed by atoms with E-state index < -0.39 is 28.9 Å². The van der Waals surface area contributed by atoms with Gasteiger partial charge in [0.15, 0.2) is 5.13 Å². The van der Waals surface area contributed by atoms with Gasteiger partial charge in [0, 0.05) is 47.1 Å². The minimum Gasteiger partial charge on any atom is -0.311 e. The molecule has 0 aliphatic carbocycles. The highest BCUT2D eigenvalue weighted by atomic mass is 32.1. The van der Waals surface area contributed by atoms with Crippen LogP contribution in [0.15, 0.2) is 65.0 Å². The van der Waals surface area contributed by atoms with Crippen molar-refractivity contribution < 1.29 is 18.0 Å². The van der Waals surface area contributed by atoms with Gasteiger partial charge in [-0.3, -0.25) is 19.9 Å². The van der Waals surface area contributed by atoms with Gasteiger partial charge in [-0.25, -0.2) is 18.2 Å². The summed E-state index contributed by atoms with van der Waals surface area (Å²) in [6, 6.07) is 8.05. The number of benzene rings is 1. The quantitative estimate of drug-likeness (QED) is 0.505. The van der Waals surface area contributed by atoms with Crippen LogP contribution in [0.2, 0.25) is 0 Å². The van der Waals surface area contributed by atoms with Crippen LogP contribution in [0.1, 0.15) is 15.9 Å². The number of halogens is 3. The molecule has 156 valence electrons. The Balaban J connectivity index is 1.48. The van der Waals surface area contributed by atoms with Crippen molar-refractivity contribution in [1.29, 1.82) is 0 Å². The van der Waals surface area contributed by atoms with Crippen LogP contribution in [0, 0.1) is 17.5 Å². The molecular formula is C21H13F3N4O2S. The zero-order valence-corrected chi connectivity index (χ0v) is 16.5. The van der Waals surface area contributed by atoms with Crippen LogP contribution < -0.4 is 10.9 Å². The summed E-state index contributed by atoms with van der Waals surface area (Å²) in [4.78, 5) is 33.0. The smallest absolute Gasteiger partial charge is 0.257 e. The maximum absolute atomic E-state index is 13.8. The van der Waals surface area contributed by atoms with Crippen molar-refractivity contribution in [2.24, 2.45) is 0 Å². The lowest BCUT2D eigenvalue weighted by Gasteiger charge is -2.08. The Morgan fingerprint density at radius 3 is 2.58 bits per heavy atom. The lowest BCUT2D eigenvalue weighted by Crippen LogP contribution is -2.23. The molecule has 3 aromatic heterocycles. The molecule has 0 radical (unpaired) electrons. The van der Waals surface area contributed by atoms with Gasteiger partial charge in [-0.15, -0.1) is 11.3 Å². The number of nitrogens with one attached hydrogen (secondary N) is 1. The van der Waals surface area contributed by atoms with E-state index in [0.717, 1.165) is 29.5 Å². The molecule has 1 N–H and O–H groups in total. The molecule has 4 rings (SSSR count). The van der Waals surface area contributed by atoms with E-state index in [4.69, 9.17) is 0 Å². The lowest BCUT2D eigenvalue weighted by atomic mass is 10.2. The maximum atomic E-state index is 13.8. The fourth-order valence-corrected chi connectivity index (χ4v) is 3.48. The van der Waals surface area contributed by atoms with E-state index in [-0.39, 0.29) is 22.8 Å². The maximum Gasteiger partial charge on any atom is 0.257 e. The van der Waals surface area contributed by atoms with Crippen molar-refractivity contribution in [2.45, 2.75) is 6.54 Å². The summed E-state index contributed by atoms with van der Waals surface area (Å²) >= 11 is 1.12. The van der Waals surface area contributed by atoms with E-state index in [2.05, 4.69) is 15.3 Å². The molecule has 0 aliphatic heterocycles. The Bertz CT molecular complexity index is 1340. The van der Waals surface area contributed by atoms with E-state index in [1.54, 1.807) is 5.38 Å². The number of pyridine rings is 2. The summed E-state index contributed by atoms with van der Waals surface area (Å²) in [5, 5.41) is 4.44. The number of anilines is 1. The standard InChI is InChI=1S/C21H13F3N4O2S/c22-14-2-1-13(16(24)8-14)10-28-6-4-12(7-19(28)29)20(30)27-21-26-18(11-31-21)17-9-15(23)3-5-25-17/h1-9,11H,10H2,(H,26,27,30). The Kier molecular flexibility index (Phi) is 5.63. The molecule has 0 fully saturated rings. The number of rotatable bonds is 5. The number of carbonyl (C=O) groups is 1. The van der Waals surface area contributed by atoms with Gasteiger partial charge in [-0.2, -0.15) is 0 Å². The van der Waals surface area contributed by atoms with E-state index >= 15 is 0 Å². The van der Waals surface area contributed by atoms with Gasteiger partial charge < -0.3 is 4.57 Å². The fraction of sp³-hybridized carbons (Fsp3) is 0.0476.